The molecule has 0 unspecified atom stereocenters. The van der Waals surface area contributed by atoms with E-state index in [0.29, 0.717) is 0 Å². The normalized spacial score (nSPS) is 15.8. The highest BCUT2D eigenvalue weighted by Gasteiger charge is 2.25. The Morgan fingerprint density at radius 2 is 2.08 bits per heavy atom. The first-order valence-electron chi connectivity index (χ1n) is 4.66. The van der Waals surface area contributed by atoms with E-state index in [4.69, 9.17) is 0 Å². The third kappa shape index (κ3) is 1.86. The molecule has 1 aromatic rings. The van der Waals surface area contributed by atoms with Crippen LogP contribution in [0.25, 0.3) is 5.57 Å². The monoisotopic (exact) mass is 236 g/mol. The summed E-state index contributed by atoms with van der Waals surface area (Å²) < 4.78 is 0. The zero-order valence-corrected chi connectivity index (χ0v) is 9.18. The van der Waals surface area contributed by atoms with Gasteiger partial charge < -0.3 is 0 Å². The van der Waals surface area contributed by atoms with Crippen molar-refractivity contribution >= 4 is 21.5 Å². The van der Waals surface area contributed by atoms with Crippen LogP contribution in [0.1, 0.15) is 29.9 Å². The molecule has 0 atom stereocenters. The summed E-state index contributed by atoms with van der Waals surface area (Å²) in [7, 11) is 0. The smallest absolute Gasteiger partial charge is 0.0283 e. The third-order valence-electron chi connectivity index (χ3n) is 2.52. The highest BCUT2D eigenvalue weighted by molar-refractivity contribution is 9.09. The van der Waals surface area contributed by atoms with Crippen LogP contribution in [-0.2, 0) is 0 Å². The Morgan fingerprint density at radius 3 is 2.69 bits per heavy atom. The van der Waals surface area contributed by atoms with Gasteiger partial charge in [0.25, 0.3) is 0 Å². The summed E-state index contributed by atoms with van der Waals surface area (Å²) >= 11 is 3.46. The van der Waals surface area contributed by atoms with Gasteiger partial charge in [-0.25, -0.2) is 0 Å². The summed E-state index contributed by atoms with van der Waals surface area (Å²) in [6.07, 6.45) is 2.71. The number of allylic oxidation sites excluding steroid dienone is 1. The van der Waals surface area contributed by atoms with Crippen molar-refractivity contribution in [2.45, 2.75) is 18.8 Å². The number of alkyl halides is 1. The average Bonchev–Trinajstić information content (AvgIpc) is 3.00. The van der Waals surface area contributed by atoms with Crippen molar-refractivity contribution < 1.29 is 0 Å². The van der Waals surface area contributed by atoms with Gasteiger partial charge in [-0.3, -0.25) is 0 Å². The van der Waals surface area contributed by atoms with Gasteiger partial charge in [-0.05, 0) is 35.5 Å². The molecule has 2 rings (SSSR count). The molecule has 1 aromatic carbocycles. The summed E-state index contributed by atoms with van der Waals surface area (Å²) in [4.78, 5) is 0. The van der Waals surface area contributed by atoms with Crippen molar-refractivity contribution in [3.63, 3.8) is 0 Å². The van der Waals surface area contributed by atoms with Gasteiger partial charge in [0, 0.05) is 5.33 Å². The highest BCUT2D eigenvalue weighted by atomic mass is 79.9. The lowest BCUT2D eigenvalue weighted by Gasteiger charge is -2.08. The van der Waals surface area contributed by atoms with E-state index >= 15 is 0 Å². The number of hydrogen-bond acceptors (Lipinski definition) is 0. The SMILES string of the molecule is C=C(CBr)c1ccccc1C1CC1. The quantitative estimate of drug-likeness (QED) is 0.697. The maximum atomic E-state index is 4.07. The number of benzene rings is 1. The zero-order valence-electron chi connectivity index (χ0n) is 7.59. The zero-order chi connectivity index (χ0) is 9.26. The fraction of sp³-hybridized carbons (Fsp3) is 0.333. The van der Waals surface area contributed by atoms with Crippen LogP contribution in [-0.4, -0.2) is 5.33 Å². The molecule has 0 aromatic heterocycles. The molecule has 0 spiro atoms. The number of halogens is 1. The van der Waals surface area contributed by atoms with Gasteiger partial charge in [-0.1, -0.05) is 46.8 Å². The van der Waals surface area contributed by atoms with E-state index < -0.39 is 0 Å². The van der Waals surface area contributed by atoms with Gasteiger partial charge in [-0.2, -0.15) is 0 Å². The van der Waals surface area contributed by atoms with Gasteiger partial charge in [0.05, 0.1) is 0 Å². The minimum atomic E-state index is 0.812. The maximum Gasteiger partial charge on any atom is 0.0283 e. The predicted molar refractivity (Wildman–Crippen MR) is 61.2 cm³/mol. The Bertz CT molecular complexity index is 324. The molecule has 0 radical (unpaired) electrons. The van der Waals surface area contributed by atoms with Gasteiger partial charge in [-0.15, -0.1) is 0 Å². The summed E-state index contributed by atoms with van der Waals surface area (Å²) in [6.45, 7) is 4.07. The molecule has 13 heavy (non-hydrogen) atoms. The minimum absolute atomic E-state index is 0.812. The Balaban J connectivity index is 2.36. The first-order valence-corrected chi connectivity index (χ1v) is 5.78. The molecular formula is C12H13Br. The molecule has 1 heteroatoms. The topological polar surface area (TPSA) is 0 Å². The van der Waals surface area contributed by atoms with Crippen molar-refractivity contribution in [3.05, 3.63) is 42.0 Å². The molecule has 68 valence electrons. The Labute approximate surface area is 87.8 Å². The predicted octanol–water partition coefficient (Wildman–Crippen LogP) is 3.97. The molecule has 0 bridgehead atoms. The van der Waals surface area contributed by atoms with Crippen molar-refractivity contribution in [3.8, 4) is 0 Å². The van der Waals surface area contributed by atoms with Crippen molar-refractivity contribution in [1.82, 2.24) is 0 Å². The van der Waals surface area contributed by atoms with E-state index in [1.165, 1.54) is 29.5 Å². The molecule has 1 saturated carbocycles. The van der Waals surface area contributed by atoms with Crippen LogP contribution in [0.5, 0.6) is 0 Å². The molecular weight excluding hydrogens is 224 g/mol. The lowest BCUT2D eigenvalue weighted by Crippen LogP contribution is -1.91. The van der Waals surface area contributed by atoms with Gasteiger partial charge in [0.15, 0.2) is 0 Å². The van der Waals surface area contributed by atoms with Crippen LogP contribution in [0, 0.1) is 0 Å². The molecule has 0 aliphatic heterocycles. The summed E-state index contributed by atoms with van der Waals surface area (Å²) in [5, 5.41) is 0.872. The van der Waals surface area contributed by atoms with Crippen LogP contribution in [0.3, 0.4) is 0 Å². The first kappa shape index (κ1) is 9.01. The van der Waals surface area contributed by atoms with E-state index in [-0.39, 0.29) is 0 Å². The van der Waals surface area contributed by atoms with Crippen LogP contribution in [0.2, 0.25) is 0 Å². The summed E-state index contributed by atoms with van der Waals surface area (Å²) in [5.41, 5.74) is 4.04. The maximum absolute atomic E-state index is 4.07. The van der Waals surface area contributed by atoms with Gasteiger partial charge in [0.2, 0.25) is 0 Å². The van der Waals surface area contributed by atoms with E-state index in [1.54, 1.807) is 0 Å². The fourth-order valence-electron chi connectivity index (χ4n) is 1.64. The van der Waals surface area contributed by atoms with Crippen LogP contribution >= 0.6 is 15.9 Å². The second-order valence-electron chi connectivity index (χ2n) is 3.60. The molecule has 0 amide bonds. The fourth-order valence-corrected chi connectivity index (χ4v) is 1.94. The number of hydrogen-bond donors (Lipinski definition) is 0. The molecule has 0 N–H and O–H groups in total. The molecule has 1 aliphatic carbocycles. The average molecular weight is 237 g/mol. The largest absolute Gasteiger partial charge is 0.0944 e. The Kier molecular flexibility index (Phi) is 2.54. The highest BCUT2D eigenvalue weighted by Crippen LogP contribution is 2.42. The van der Waals surface area contributed by atoms with Crippen LogP contribution < -0.4 is 0 Å². The molecule has 1 fully saturated rings. The third-order valence-corrected chi connectivity index (χ3v) is 3.20. The lowest BCUT2D eigenvalue weighted by molar-refractivity contribution is 1.12. The van der Waals surface area contributed by atoms with E-state index in [0.717, 1.165) is 11.2 Å². The Hall–Kier alpha value is -0.560. The first-order chi connectivity index (χ1) is 6.33. The van der Waals surface area contributed by atoms with E-state index in [9.17, 15) is 0 Å². The molecule has 0 heterocycles. The van der Waals surface area contributed by atoms with Crippen molar-refractivity contribution in [2.24, 2.45) is 0 Å². The second kappa shape index (κ2) is 3.67. The lowest BCUT2D eigenvalue weighted by atomic mass is 9.99. The van der Waals surface area contributed by atoms with Crippen LogP contribution in [0.15, 0.2) is 30.8 Å². The van der Waals surface area contributed by atoms with E-state index in [2.05, 4.69) is 46.8 Å². The number of rotatable bonds is 3. The summed E-state index contributed by atoms with van der Waals surface area (Å²) in [5.74, 6) is 0.812. The minimum Gasteiger partial charge on any atom is -0.0944 e. The van der Waals surface area contributed by atoms with Crippen molar-refractivity contribution in [2.75, 3.05) is 5.33 Å². The second-order valence-corrected chi connectivity index (χ2v) is 4.16. The van der Waals surface area contributed by atoms with Crippen LogP contribution in [0.4, 0.5) is 0 Å². The summed E-state index contributed by atoms with van der Waals surface area (Å²) in [6, 6.07) is 8.63. The van der Waals surface area contributed by atoms with Gasteiger partial charge in [0.1, 0.15) is 0 Å². The Morgan fingerprint density at radius 1 is 1.38 bits per heavy atom. The molecule has 0 nitrogen and oxygen atoms in total. The molecule has 1 aliphatic rings. The molecule has 0 saturated heterocycles. The van der Waals surface area contributed by atoms with Crippen molar-refractivity contribution in [1.29, 1.82) is 0 Å². The standard InChI is InChI=1S/C12H13Br/c1-9(8-13)11-4-2-3-5-12(11)10-6-7-10/h2-5,10H,1,6-8H2. The van der Waals surface area contributed by atoms with E-state index in [1.807, 2.05) is 0 Å². The van der Waals surface area contributed by atoms with Gasteiger partial charge >= 0.3 is 0 Å².